The molecular weight excluding hydrogens is 276 g/mol. The van der Waals surface area contributed by atoms with Crippen LogP contribution >= 0.6 is 22.9 Å². The fraction of sp³-hybridized carbons (Fsp3) is 0.375. The van der Waals surface area contributed by atoms with Crippen LogP contribution in [0.25, 0.3) is 0 Å². The van der Waals surface area contributed by atoms with Gasteiger partial charge in [-0.3, -0.25) is 0 Å². The predicted molar refractivity (Wildman–Crippen MR) is 83.1 cm³/mol. The Kier molecular flexibility index (Phi) is 4.34. The maximum Gasteiger partial charge on any atom is 0.115 e. The molecule has 0 saturated heterocycles. The monoisotopic (exact) mass is 294 g/mol. The third-order valence-corrected chi connectivity index (χ3v) is 5.20. The van der Waals surface area contributed by atoms with Gasteiger partial charge < -0.3 is 5.11 Å². The van der Waals surface area contributed by atoms with Gasteiger partial charge in [-0.1, -0.05) is 56.6 Å². The molecule has 102 valence electrons. The molecule has 1 atom stereocenters. The van der Waals surface area contributed by atoms with E-state index in [2.05, 4.69) is 32.9 Å². The Morgan fingerprint density at radius 2 is 1.84 bits per heavy atom. The van der Waals surface area contributed by atoms with E-state index in [0.717, 1.165) is 16.9 Å². The first kappa shape index (κ1) is 14.6. The van der Waals surface area contributed by atoms with Crippen LogP contribution in [0.15, 0.2) is 35.7 Å². The maximum absolute atomic E-state index is 10.3. The van der Waals surface area contributed by atoms with Crippen molar-refractivity contribution < 1.29 is 5.11 Å². The number of benzene rings is 1. The quantitative estimate of drug-likeness (QED) is 0.824. The van der Waals surface area contributed by atoms with Gasteiger partial charge >= 0.3 is 0 Å². The molecule has 2 aromatic rings. The van der Waals surface area contributed by atoms with Crippen molar-refractivity contribution >= 4 is 22.9 Å². The van der Waals surface area contributed by atoms with Crippen LogP contribution in [0.4, 0.5) is 0 Å². The van der Waals surface area contributed by atoms with Crippen LogP contribution in [0.3, 0.4) is 0 Å². The van der Waals surface area contributed by atoms with Gasteiger partial charge in [-0.15, -0.1) is 11.3 Å². The van der Waals surface area contributed by atoms with Gasteiger partial charge in [0.2, 0.25) is 0 Å². The molecule has 1 aromatic carbocycles. The largest absolute Gasteiger partial charge is 0.383 e. The molecule has 0 aliphatic carbocycles. The molecule has 0 saturated carbocycles. The average molecular weight is 295 g/mol. The molecule has 0 fully saturated rings. The highest BCUT2D eigenvalue weighted by molar-refractivity contribution is 7.10. The van der Waals surface area contributed by atoms with E-state index in [0.29, 0.717) is 5.02 Å². The molecule has 3 heteroatoms. The summed E-state index contributed by atoms with van der Waals surface area (Å²) in [6.07, 6.45) is 0.456. The Labute approximate surface area is 123 Å². The first-order chi connectivity index (χ1) is 8.95. The zero-order valence-corrected chi connectivity index (χ0v) is 13.1. The van der Waals surface area contributed by atoms with Gasteiger partial charge in [0.1, 0.15) is 6.10 Å². The smallest absolute Gasteiger partial charge is 0.115 e. The Bertz CT molecular complexity index is 542. The van der Waals surface area contributed by atoms with Crippen molar-refractivity contribution in [3.63, 3.8) is 0 Å². The Morgan fingerprint density at radius 1 is 1.21 bits per heavy atom. The van der Waals surface area contributed by atoms with E-state index in [-0.39, 0.29) is 5.41 Å². The minimum absolute atomic E-state index is 0.171. The molecule has 1 aromatic heterocycles. The van der Waals surface area contributed by atoms with E-state index in [4.69, 9.17) is 11.6 Å². The van der Waals surface area contributed by atoms with Crippen molar-refractivity contribution in [1.29, 1.82) is 0 Å². The van der Waals surface area contributed by atoms with E-state index in [9.17, 15) is 5.11 Å². The van der Waals surface area contributed by atoms with Crippen LogP contribution in [0.2, 0.25) is 5.02 Å². The van der Waals surface area contributed by atoms with Crippen molar-refractivity contribution in [2.75, 3.05) is 0 Å². The van der Waals surface area contributed by atoms with E-state index < -0.39 is 6.10 Å². The van der Waals surface area contributed by atoms with Gasteiger partial charge in [0, 0.05) is 0 Å². The maximum atomic E-state index is 10.3. The highest BCUT2D eigenvalue weighted by Gasteiger charge is 2.19. The molecule has 1 nitrogen and oxygen atoms in total. The Morgan fingerprint density at radius 3 is 2.32 bits per heavy atom. The summed E-state index contributed by atoms with van der Waals surface area (Å²) in [5, 5.41) is 12.9. The van der Waals surface area contributed by atoms with Gasteiger partial charge in [-0.25, -0.2) is 0 Å². The van der Waals surface area contributed by atoms with Crippen LogP contribution in [-0.2, 0) is 5.41 Å². The summed E-state index contributed by atoms with van der Waals surface area (Å²) in [6.45, 7) is 6.65. The summed E-state index contributed by atoms with van der Waals surface area (Å²) >= 11 is 7.55. The molecule has 0 radical (unpaired) electrons. The Hall–Kier alpha value is -0.830. The first-order valence-corrected chi connectivity index (χ1v) is 7.73. The molecule has 0 bridgehead atoms. The molecule has 0 spiro atoms. The summed E-state index contributed by atoms with van der Waals surface area (Å²) < 4.78 is 0. The molecule has 0 aliphatic rings. The van der Waals surface area contributed by atoms with Gasteiger partial charge in [-0.2, -0.15) is 0 Å². The molecule has 0 amide bonds. The number of hydrogen-bond acceptors (Lipinski definition) is 2. The molecule has 2 rings (SSSR count). The zero-order chi connectivity index (χ0) is 14.0. The molecular formula is C16H19ClOS. The summed E-state index contributed by atoms with van der Waals surface area (Å²) in [5.74, 6) is 0. The molecule has 1 unspecified atom stereocenters. The fourth-order valence-electron chi connectivity index (χ4n) is 1.97. The van der Waals surface area contributed by atoms with Crippen LogP contribution in [-0.4, -0.2) is 5.11 Å². The molecule has 1 N–H and O–H groups in total. The number of halogens is 1. The third kappa shape index (κ3) is 3.02. The predicted octanol–water partition coefficient (Wildman–Crippen LogP) is 5.17. The summed E-state index contributed by atoms with van der Waals surface area (Å²) in [4.78, 5) is 0.809. The molecule has 19 heavy (non-hydrogen) atoms. The van der Waals surface area contributed by atoms with Crippen LogP contribution < -0.4 is 0 Å². The average Bonchev–Trinajstić information content (AvgIpc) is 2.84. The van der Waals surface area contributed by atoms with Crippen molar-refractivity contribution in [2.24, 2.45) is 0 Å². The third-order valence-electron chi connectivity index (χ3n) is 3.78. The summed E-state index contributed by atoms with van der Waals surface area (Å²) in [7, 11) is 0. The summed E-state index contributed by atoms with van der Waals surface area (Å²) in [5.41, 5.74) is 2.35. The second-order valence-corrected chi connectivity index (χ2v) is 6.75. The van der Waals surface area contributed by atoms with Crippen molar-refractivity contribution in [2.45, 2.75) is 38.7 Å². The standard InChI is InChI=1S/C16H19ClOS/c1-4-16(2,3)12-7-5-11(6-8-12)14(18)15-13(17)9-10-19-15/h5-10,14,18H,4H2,1-3H3. The lowest BCUT2D eigenvalue weighted by Gasteiger charge is -2.23. The van der Waals surface area contributed by atoms with Crippen molar-refractivity contribution in [3.05, 3.63) is 56.7 Å². The normalized spacial score (nSPS) is 13.5. The van der Waals surface area contributed by atoms with E-state index in [1.807, 2.05) is 23.6 Å². The number of aliphatic hydroxyl groups is 1. The fourth-order valence-corrected chi connectivity index (χ4v) is 3.14. The SMILES string of the molecule is CCC(C)(C)c1ccc(C(O)c2sccc2Cl)cc1. The second-order valence-electron chi connectivity index (χ2n) is 5.39. The first-order valence-electron chi connectivity index (χ1n) is 6.47. The minimum atomic E-state index is -0.633. The number of thiophene rings is 1. The highest BCUT2D eigenvalue weighted by atomic mass is 35.5. The lowest BCUT2D eigenvalue weighted by Crippen LogP contribution is -2.15. The topological polar surface area (TPSA) is 20.2 Å². The minimum Gasteiger partial charge on any atom is -0.383 e. The van der Waals surface area contributed by atoms with E-state index >= 15 is 0 Å². The van der Waals surface area contributed by atoms with Crippen LogP contribution in [0.1, 0.15) is 49.3 Å². The van der Waals surface area contributed by atoms with Gasteiger partial charge in [0.05, 0.1) is 9.90 Å². The highest BCUT2D eigenvalue weighted by Crippen LogP contribution is 2.34. The van der Waals surface area contributed by atoms with Crippen molar-refractivity contribution in [3.8, 4) is 0 Å². The number of rotatable bonds is 4. The Balaban J connectivity index is 2.26. The lowest BCUT2D eigenvalue weighted by atomic mass is 9.82. The summed E-state index contributed by atoms with van der Waals surface area (Å²) in [6, 6.07) is 10.0. The number of hydrogen-bond donors (Lipinski definition) is 1. The van der Waals surface area contributed by atoms with Crippen LogP contribution in [0, 0.1) is 0 Å². The van der Waals surface area contributed by atoms with Gasteiger partial charge in [0.15, 0.2) is 0 Å². The van der Waals surface area contributed by atoms with E-state index in [1.54, 1.807) is 0 Å². The number of aliphatic hydroxyl groups excluding tert-OH is 1. The zero-order valence-electron chi connectivity index (χ0n) is 11.5. The van der Waals surface area contributed by atoms with Gasteiger partial charge in [-0.05, 0) is 34.4 Å². The lowest BCUT2D eigenvalue weighted by molar-refractivity contribution is 0.224. The van der Waals surface area contributed by atoms with Crippen LogP contribution in [0.5, 0.6) is 0 Å². The molecule has 1 heterocycles. The van der Waals surface area contributed by atoms with E-state index in [1.165, 1.54) is 16.9 Å². The van der Waals surface area contributed by atoms with Crippen molar-refractivity contribution in [1.82, 2.24) is 0 Å². The second kappa shape index (κ2) is 5.66. The molecule has 0 aliphatic heterocycles. The van der Waals surface area contributed by atoms with Gasteiger partial charge in [0.25, 0.3) is 0 Å².